The summed E-state index contributed by atoms with van der Waals surface area (Å²) in [6.07, 6.45) is 5.01. The van der Waals surface area contributed by atoms with Gasteiger partial charge in [-0.3, -0.25) is 20.4 Å². The first-order valence-electron chi connectivity index (χ1n) is 11.1. The standard InChI is InChI=1S/C24H29N3O4S/c1-17-6-2-5-9-22(17)24(29)26-25-23(28)19-12-14-27(15-13-19)32(30,31)21-11-10-18-7-3-4-8-20(18)16-21/h2,5-6,9-11,16,19H,3-4,7-8,12-15H2,1H3,(H,25,28)(H,26,29). The number of rotatable bonds is 4. The fourth-order valence-electron chi connectivity index (χ4n) is 4.49. The minimum absolute atomic E-state index is 0.281. The number of hydrogen-bond acceptors (Lipinski definition) is 4. The Morgan fingerprint density at radius 3 is 2.34 bits per heavy atom. The molecule has 1 aliphatic heterocycles. The van der Waals surface area contributed by atoms with E-state index in [2.05, 4.69) is 10.9 Å². The number of piperidine rings is 1. The fraction of sp³-hybridized carbons (Fsp3) is 0.417. The highest BCUT2D eigenvalue weighted by Gasteiger charge is 2.32. The number of hydrogen-bond donors (Lipinski definition) is 2. The van der Waals surface area contributed by atoms with Gasteiger partial charge in [-0.2, -0.15) is 4.31 Å². The van der Waals surface area contributed by atoms with Gasteiger partial charge in [-0.25, -0.2) is 8.42 Å². The van der Waals surface area contributed by atoms with E-state index in [1.54, 1.807) is 18.2 Å². The van der Waals surface area contributed by atoms with Gasteiger partial charge in [0.2, 0.25) is 15.9 Å². The first-order valence-corrected chi connectivity index (χ1v) is 12.6. The van der Waals surface area contributed by atoms with Crippen LogP contribution in [-0.2, 0) is 27.7 Å². The predicted molar refractivity (Wildman–Crippen MR) is 121 cm³/mol. The van der Waals surface area contributed by atoms with Crippen LogP contribution < -0.4 is 10.9 Å². The van der Waals surface area contributed by atoms with E-state index < -0.39 is 10.0 Å². The van der Waals surface area contributed by atoms with Crippen LogP contribution in [0.4, 0.5) is 0 Å². The Balaban J connectivity index is 1.33. The van der Waals surface area contributed by atoms with E-state index in [1.165, 1.54) is 9.87 Å². The maximum atomic E-state index is 13.1. The summed E-state index contributed by atoms with van der Waals surface area (Å²) >= 11 is 0. The number of amides is 2. The molecule has 0 aromatic heterocycles. The van der Waals surface area contributed by atoms with Gasteiger partial charge < -0.3 is 0 Å². The molecule has 2 aromatic rings. The first-order chi connectivity index (χ1) is 15.4. The lowest BCUT2D eigenvalue weighted by atomic mass is 9.92. The van der Waals surface area contributed by atoms with Crippen LogP contribution in [0.2, 0.25) is 0 Å². The van der Waals surface area contributed by atoms with Gasteiger partial charge in [0.05, 0.1) is 4.90 Å². The number of hydrazine groups is 1. The van der Waals surface area contributed by atoms with Gasteiger partial charge in [0.25, 0.3) is 5.91 Å². The smallest absolute Gasteiger partial charge is 0.269 e. The molecule has 0 atom stereocenters. The van der Waals surface area contributed by atoms with Crippen LogP contribution >= 0.6 is 0 Å². The van der Waals surface area contributed by atoms with E-state index in [1.807, 2.05) is 31.2 Å². The van der Waals surface area contributed by atoms with Crippen molar-refractivity contribution in [2.24, 2.45) is 5.92 Å². The zero-order valence-corrected chi connectivity index (χ0v) is 19.1. The topological polar surface area (TPSA) is 95.6 Å². The number of nitrogens with zero attached hydrogens (tertiary/aromatic N) is 1. The van der Waals surface area contributed by atoms with Gasteiger partial charge in [0, 0.05) is 24.6 Å². The van der Waals surface area contributed by atoms with E-state index in [0.717, 1.165) is 36.8 Å². The molecule has 0 saturated carbocycles. The van der Waals surface area contributed by atoms with Gasteiger partial charge in [0.15, 0.2) is 0 Å². The van der Waals surface area contributed by atoms with Crippen molar-refractivity contribution < 1.29 is 18.0 Å². The van der Waals surface area contributed by atoms with E-state index in [4.69, 9.17) is 0 Å². The second-order valence-electron chi connectivity index (χ2n) is 8.57. The lowest BCUT2D eigenvalue weighted by molar-refractivity contribution is -0.126. The summed E-state index contributed by atoms with van der Waals surface area (Å²) in [7, 11) is -3.58. The molecule has 2 N–H and O–H groups in total. The summed E-state index contributed by atoms with van der Waals surface area (Å²) < 4.78 is 27.7. The maximum Gasteiger partial charge on any atom is 0.269 e. The Labute approximate surface area is 189 Å². The molecule has 1 aliphatic carbocycles. The molecule has 0 spiro atoms. The molecule has 1 fully saturated rings. The highest BCUT2D eigenvalue weighted by Crippen LogP contribution is 2.28. The Morgan fingerprint density at radius 1 is 0.938 bits per heavy atom. The summed E-state index contributed by atoms with van der Waals surface area (Å²) in [6, 6.07) is 12.6. The van der Waals surface area contributed by atoms with E-state index >= 15 is 0 Å². The highest BCUT2D eigenvalue weighted by molar-refractivity contribution is 7.89. The maximum absolute atomic E-state index is 13.1. The SMILES string of the molecule is Cc1ccccc1C(=O)NNC(=O)C1CCN(S(=O)(=O)c2ccc3c(c2)CCCC3)CC1. The number of nitrogens with one attached hydrogen (secondary N) is 2. The largest absolute Gasteiger partial charge is 0.273 e. The molecule has 2 aliphatic rings. The molecule has 8 heteroatoms. The van der Waals surface area contributed by atoms with E-state index in [9.17, 15) is 18.0 Å². The summed E-state index contributed by atoms with van der Waals surface area (Å²) in [5, 5.41) is 0. The van der Waals surface area contributed by atoms with Gasteiger partial charge in [-0.15, -0.1) is 0 Å². The van der Waals surface area contributed by atoms with Crippen molar-refractivity contribution in [2.45, 2.75) is 50.3 Å². The Kier molecular flexibility index (Phi) is 6.62. The van der Waals surface area contributed by atoms with Crippen LogP contribution in [0.3, 0.4) is 0 Å². The Morgan fingerprint density at radius 2 is 1.62 bits per heavy atom. The van der Waals surface area contributed by atoms with Crippen molar-refractivity contribution in [1.29, 1.82) is 0 Å². The highest BCUT2D eigenvalue weighted by atomic mass is 32.2. The van der Waals surface area contributed by atoms with E-state index in [0.29, 0.717) is 23.3 Å². The van der Waals surface area contributed by atoms with Crippen molar-refractivity contribution >= 4 is 21.8 Å². The third-order valence-electron chi connectivity index (χ3n) is 6.47. The molecule has 2 aromatic carbocycles. The van der Waals surface area contributed by atoms with Gasteiger partial charge in [-0.1, -0.05) is 24.3 Å². The molecule has 1 heterocycles. The van der Waals surface area contributed by atoms with Crippen LogP contribution in [0.5, 0.6) is 0 Å². The summed E-state index contributed by atoms with van der Waals surface area (Å²) in [5.74, 6) is -1.01. The Bertz CT molecular complexity index is 1120. The molecule has 170 valence electrons. The number of aryl methyl sites for hydroxylation is 3. The molecule has 1 saturated heterocycles. The zero-order valence-electron chi connectivity index (χ0n) is 18.3. The number of sulfonamides is 1. The first kappa shape index (κ1) is 22.5. The van der Waals surface area contributed by atoms with Crippen LogP contribution in [0.1, 0.15) is 52.7 Å². The number of benzene rings is 2. The molecule has 0 unspecified atom stereocenters. The second kappa shape index (κ2) is 9.42. The summed E-state index contributed by atoms with van der Waals surface area (Å²) in [6.45, 7) is 2.39. The minimum atomic E-state index is -3.58. The van der Waals surface area contributed by atoms with Crippen molar-refractivity contribution in [3.63, 3.8) is 0 Å². The van der Waals surface area contributed by atoms with Crippen LogP contribution in [0.25, 0.3) is 0 Å². The molecule has 32 heavy (non-hydrogen) atoms. The fourth-order valence-corrected chi connectivity index (χ4v) is 6.01. The molecule has 4 rings (SSSR count). The molecule has 0 radical (unpaired) electrons. The summed E-state index contributed by atoms with van der Waals surface area (Å²) in [4.78, 5) is 25.1. The average molecular weight is 456 g/mol. The van der Waals surface area contributed by atoms with E-state index in [-0.39, 0.29) is 30.8 Å². The predicted octanol–water partition coefficient (Wildman–Crippen LogP) is 2.74. The molecular formula is C24H29N3O4S. The van der Waals surface area contributed by atoms with Gasteiger partial charge >= 0.3 is 0 Å². The van der Waals surface area contributed by atoms with Gasteiger partial charge in [-0.05, 0) is 80.3 Å². The van der Waals surface area contributed by atoms with Crippen LogP contribution in [-0.4, -0.2) is 37.6 Å². The normalized spacial score (nSPS) is 17.4. The average Bonchev–Trinajstić information content (AvgIpc) is 2.82. The minimum Gasteiger partial charge on any atom is -0.273 e. The number of carbonyl (C=O) groups excluding carboxylic acids is 2. The van der Waals surface area contributed by atoms with Crippen LogP contribution in [0.15, 0.2) is 47.4 Å². The lowest BCUT2D eigenvalue weighted by Gasteiger charge is -2.31. The van der Waals surface area contributed by atoms with Gasteiger partial charge in [0.1, 0.15) is 0 Å². The molecule has 7 nitrogen and oxygen atoms in total. The van der Waals surface area contributed by atoms with Crippen molar-refractivity contribution in [1.82, 2.24) is 15.2 Å². The monoisotopic (exact) mass is 455 g/mol. The molecule has 2 amide bonds. The molecular weight excluding hydrogens is 426 g/mol. The second-order valence-corrected chi connectivity index (χ2v) is 10.5. The zero-order chi connectivity index (χ0) is 22.7. The van der Waals surface area contributed by atoms with Crippen molar-refractivity contribution in [2.75, 3.05) is 13.1 Å². The molecule has 0 bridgehead atoms. The summed E-state index contributed by atoms with van der Waals surface area (Å²) in [5.41, 5.74) is 8.66. The number of fused-ring (bicyclic) bond motifs is 1. The van der Waals surface area contributed by atoms with Crippen molar-refractivity contribution in [3.8, 4) is 0 Å². The quantitative estimate of drug-likeness (QED) is 0.693. The third kappa shape index (κ3) is 4.71. The van der Waals surface area contributed by atoms with Crippen LogP contribution in [0, 0.1) is 12.8 Å². The third-order valence-corrected chi connectivity index (χ3v) is 8.37. The Hall–Kier alpha value is -2.71. The van der Waals surface area contributed by atoms with Crippen molar-refractivity contribution in [3.05, 3.63) is 64.7 Å². The lowest BCUT2D eigenvalue weighted by Crippen LogP contribution is -2.48. The number of carbonyl (C=O) groups is 2.